The van der Waals surface area contributed by atoms with E-state index in [-0.39, 0.29) is 28.7 Å². The lowest BCUT2D eigenvalue weighted by Crippen LogP contribution is -2.29. The Labute approximate surface area is 153 Å². The highest BCUT2D eigenvalue weighted by Gasteiger charge is 2.16. The molecule has 26 heavy (non-hydrogen) atoms. The maximum absolute atomic E-state index is 13.6. The average Bonchev–Trinajstić information content (AvgIpc) is 2.62. The molecule has 0 aromatic heterocycles. The fourth-order valence-corrected chi connectivity index (χ4v) is 3.54. The fraction of sp³-hybridized carbons (Fsp3) is 0.316. The van der Waals surface area contributed by atoms with Crippen LogP contribution in [0.4, 0.5) is 4.39 Å². The molecule has 0 spiro atoms. The Morgan fingerprint density at radius 3 is 2.54 bits per heavy atom. The molecule has 0 unspecified atom stereocenters. The van der Waals surface area contributed by atoms with E-state index in [2.05, 4.69) is 10.0 Å². The Morgan fingerprint density at radius 1 is 1.12 bits per heavy atom. The molecular formula is C19H23FN2O3S. The van der Waals surface area contributed by atoms with Crippen molar-refractivity contribution >= 4 is 15.9 Å². The molecule has 0 saturated carbocycles. The summed E-state index contributed by atoms with van der Waals surface area (Å²) in [4.78, 5) is 12.3. The van der Waals surface area contributed by atoms with Gasteiger partial charge < -0.3 is 5.32 Å². The second kappa shape index (κ2) is 8.91. The van der Waals surface area contributed by atoms with E-state index >= 15 is 0 Å². The quantitative estimate of drug-likeness (QED) is 0.742. The van der Waals surface area contributed by atoms with Crippen LogP contribution in [0.3, 0.4) is 0 Å². The van der Waals surface area contributed by atoms with Gasteiger partial charge in [-0.2, -0.15) is 0 Å². The van der Waals surface area contributed by atoms with Crippen LogP contribution >= 0.6 is 0 Å². The molecule has 2 N–H and O–H groups in total. The number of sulfonamides is 1. The van der Waals surface area contributed by atoms with Gasteiger partial charge in [0, 0.05) is 18.7 Å². The first-order valence-electron chi connectivity index (χ1n) is 8.41. The molecule has 5 nitrogen and oxygen atoms in total. The van der Waals surface area contributed by atoms with Gasteiger partial charge in [-0.1, -0.05) is 38.1 Å². The summed E-state index contributed by atoms with van der Waals surface area (Å²) in [6, 6.07) is 12.2. The second-order valence-corrected chi connectivity index (χ2v) is 8.14. The van der Waals surface area contributed by atoms with Crippen LogP contribution in [0.5, 0.6) is 0 Å². The zero-order valence-electron chi connectivity index (χ0n) is 14.8. The highest BCUT2D eigenvalue weighted by Crippen LogP contribution is 2.12. The third-order valence-electron chi connectivity index (χ3n) is 3.73. The molecular weight excluding hydrogens is 355 g/mol. The van der Waals surface area contributed by atoms with Crippen LogP contribution in [0.25, 0.3) is 0 Å². The summed E-state index contributed by atoms with van der Waals surface area (Å²) < 4.78 is 40.6. The number of hydrogen-bond acceptors (Lipinski definition) is 3. The van der Waals surface area contributed by atoms with Crippen molar-refractivity contribution in [1.29, 1.82) is 0 Å². The topological polar surface area (TPSA) is 75.3 Å². The van der Waals surface area contributed by atoms with Crippen molar-refractivity contribution in [1.82, 2.24) is 10.0 Å². The monoisotopic (exact) mass is 378 g/mol. The van der Waals surface area contributed by atoms with E-state index in [4.69, 9.17) is 0 Å². The Bertz CT molecular complexity index is 867. The Morgan fingerprint density at radius 2 is 1.85 bits per heavy atom. The summed E-state index contributed by atoms with van der Waals surface area (Å²) in [6.07, 6.45) is 0.354. The molecule has 2 aromatic carbocycles. The fourth-order valence-electron chi connectivity index (χ4n) is 2.28. The van der Waals surface area contributed by atoms with Gasteiger partial charge in [0.2, 0.25) is 10.0 Å². The maximum atomic E-state index is 13.6. The number of carbonyl (C=O) groups excluding carboxylic acids is 1. The maximum Gasteiger partial charge on any atom is 0.251 e. The highest BCUT2D eigenvalue weighted by molar-refractivity contribution is 7.89. The zero-order valence-corrected chi connectivity index (χ0v) is 15.6. The van der Waals surface area contributed by atoms with Crippen molar-refractivity contribution in [3.05, 3.63) is 65.5 Å². The SMILES string of the molecule is CC(C)CNS(=O)(=O)c1cccc(C(=O)NCCc2ccccc2F)c1. The first-order valence-corrected chi connectivity index (χ1v) is 9.89. The molecule has 0 aliphatic carbocycles. The summed E-state index contributed by atoms with van der Waals surface area (Å²) >= 11 is 0. The molecule has 0 fully saturated rings. The lowest BCUT2D eigenvalue weighted by molar-refractivity contribution is 0.0954. The van der Waals surface area contributed by atoms with E-state index in [0.717, 1.165) is 0 Å². The molecule has 7 heteroatoms. The van der Waals surface area contributed by atoms with Gasteiger partial charge in [0.05, 0.1) is 4.90 Å². The van der Waals surface area contributed by atoms with Gasteiger partial charge in [-0.3, -0.25) is 4.79 Å². The molecule has 0 radical (unpaired) electrons. The number of carbonyl (C=O) groups is 1. The number of rotatable bonds is 8. The molecule has 0 bridgehead atoms. The van der Waals surface area contributed by atoms with Gasteiger partial charge in [0.1, 0.15) is 5.82 Å². The van der Waals surface area contributed by atoms with Crippen LogP contribution in [-0.4, -0.2) is 27.4 Å². The number of amides is 1. The minimum Gasteiger partial charge on any atom is -0.352 e. The van der Waals surface area contributed by atoms with E-state index in [9.17, 15) is 17.6 Å². The largest absolute Gasteiger partial charge is 0.352 e. The lowest BCUT2D eigenvalue weighted by Gasteiger charge is -2.10. The minimum atomic E-state index is -3.66. The van der Waals surface area contributed by atoms with Crippen LogP contribution in [0.1, 0.15) is 29.8 Å². The van der Waals surface area contributed by atoms with E-state index in [1.165, 1.54) is 24.3 Å². The molecule has 140 valence electrons. The molecule has 0 heterocycles. The lowest BCUT2D eigenvalue weighted by atomic mass is 10.1. The van der Waals surface area contributed by atoms with Gasteiger partial charge >= 0.3 is 0 Å². The predicted molar refractivity (Wildman–Crippen MR) is 98.9 cm³/mol. The molecule has 2 aromatic rings. The van der Waals surface area contributed by atoms with Gasteiger partial charge in [-0.25, -0.2) is 17.5 Å². The average molecular weight is 378 g/mol. The Kier molecular flexibility index (Phi) is 6.88. The Balaban J connectivity index is 2.00. The standard InChI is InChI=1S/C19H23FN2O3S/c1-14(2)13-22-26(24,25)17-8-5-7-16(12-17)19(23)21-11-10-15-6-3-4-9-18(15)20/h3-9,12,14,22H,10-11,13H2,1-2H3,(H,21,23). The van der Waals surface area contributed by atoms with E-state index in [1.807, 2.05) is 13.8 Å². The zero-order chi connectivity index (χ0) is 19.2. The molecule has 0 aliphatic heterocycles. The van der Waals surface area contributed by atoms with Gasteiger partial charge in [-0.05, 0) is 42.2 Å². The van der Waals surface area contributed by atoms with Crippen molar-refractivity contribution in [2.24, 2.45) is 5.92 Å². The smallest absolute Gasteiger partial charge is 0.251 e. The van der Waals surface area contributed by atoms with Crippen molar-refractivity contribution in [3.8, 4) is 0 Å². The number of benzene rings is 2. The first kappa shape index (κ1) is 20.1. The first-order chi connectivity index (χ1) is 12.3. The highest BCUT2D eigenvalue weighted by atomic mass is 32.2. The molecule has 2 rings (SSSR count). The Hall–Kier alpha value is -2.25. The number of halogens is 1. The summed E-state index contributed by atoms with van der Waals surface area (Å²) in [6.45, 7) is 4.38. The van der Waals surface area contributed by atoms with Crippen molar-refractivity contribution in [3.63, 3.8) is 0 Å². The van der Waals surface area contributed by atoms with E-state index in [1.54, 1.807) is 24.3 Å². The van der Waals surface area contributed by atoms with Crippen LogP contribution in [0.2, 0.25) is 0 Å². The minimum absolute atomic E-state index is 0.0416. The van der Waals surface area contributed by atoms with Crippen molar-refractivity contribution in [2.75, 3.05) is 13.1 Å². The summed E-state index contributed by atoms with van der Waals surface area (Å²) in [7, 11) is -3.66. The summed E-state index contributed by atoms with van der Waals surface area (Å²) in [5.74, 6) is -0.539. The summed E-state index contributed by atoms with van der Waals surface area (Å²) in [5, 5.41) is 2.68. The second-order valence-electron chi connectivity index (χ2n) is 6.37. The normalized spacial score (nSPS) is 11.5. The predicted octanol–water partition coefficient (Wildman–Crippen LogP) is 2.73. The van der Waals surface area contributed by atoms with Gasteiger partial charge in [0.25, 0.3) is 5.91 Å². The number of hydrogen-bond donors (Lipinski definition) is 2. The number of nitrogens with one attached hydrogen (secondary N) is 2. The van der Waals surface area contributed by atoms with Crippen molar-refractivity contribution < 1.29 is 17.6 Å². The summed E-state index contributed by atoms with van der Waals surface area (Å²) in [5.41, 5.74) is 0.757. The third-order valence-corrected chi connectivity index (χ3v) is 5.15. The molecule has 0 aliphatic rings. The van der Waals surface area contributed by atoms with Gasteiger partial charge in [-0.15, -0.1) is 0 Å². The van der Waals surface area contributed by atoms with Crippen molar-refractivity contribution in [2.45, 2.75) is 25.2 Å². The van der Waals surface area contributed by atoms with Gasteiger partial charge in [0.15, 0.2) is 0 Å². The van der Waals surface area contributed by atoms with E-state index < -0.39 is 15.9 Å². The molecule has 1 amide bonds. The molecule has 0 atom stereocenters. The van der Waals surface area contributed by atoms with Crippen LogP contribution in [0, 0.1) is 11.7 Å². The van der Waals surface area contributed by atoms with Crippen LogP contribution < -0.4 is 10.0 Å². The van der Waals surface area contributed by atoms with Crippen LogP contribution in [0.15, 0.2) is 53.4 Å². The third kappa shape index (κ3) is 5.64. The molecule has 0 saturated heterocycles. The van der Waals surface area contributed by atoms with E-state index in [0.29, 0.717) is 18.5 Å². The van der Waals surface area contributed by atoms with Crippen LogP contribution in [-0.2, 0) is 16.4 Å².